The number of anilines is 1. The Balaban J connectivity index is 2.50. The van der Waals surface area contributed by atoms with Gasteiger partial charge in [-0.05, 0) is 21.0 Å². The van der Waals surface area contributed by atoms with Gasteiger partial charge in [0.15, 0.2) is 5.76 Å². The minimum absolute atomic E-state index is 0.0729. The molecule has 0 atom stereocenters. The van der Waals surface area contributed by atoms with Gasteiger partial charge in [-0.25, -0.2) is 0 Å². The van der Waals surface area contributed by atoms with Crippen molar-refractivity contribution in [3.8, 4) is 0 Å². The maximum absolute atomic E-state index is 11.3. The minimum Gasteiger partial charge on any atom is -0.359 e. The van der Waals surface area contributed by atoms with Crippen LogP contribution in [0.2, 0.25) is 0 Å². The van der Waals surface area contributed by atoms with Crippen molar-refractivity contribution in [2.45, 2.75) is 6.92 Å². The standard InChI is InChI=1S/C8H13N3O2/c1-6-7(4-9-13-6)10-8(12)5-11(2)3/h4H,5H2,1-3H3,(H,10,12). The summed E-state index contributed by atoms with van der Waals surface area (Å²) in [5.74, 6) is 0.545. The summed E-state index contributed by atoms with van der Waals surface area (Å²) >= 11 is 0. The van der Waals surface area contributed by atoms with E-state index < -0.39 is 0 Å². The fraction of sp³-hybridized carbons (Fsp3) is 0.500. The molecule has 1 amide bonds. The van der Waals surface area contributed by atoms with Crippen molar-refractivity contribution in [1.82, 2.24) is 10.1 Å². The van der Waals surface area contributed by atoms with Gasteiger partial charge < -0.3 is 14.7 Å². The molecular formula is C8H13N3O2. The first-order valence-electron chi connectivity index (χ1n) is 3.95. The number of hydrogen-bond acceptors (Lipinski definition) is 4. The van der Waals surface area contributed by atoms with Crippen LogP contribution in [0.4, 0.5) is 5.69 Å². The smallest absolute Gasteiger partial charge is 0.238 e. The Kier molecular flexibility index (Phi) is 3.02. The average molecular weight is 183 g/mol. The van der Waals surface area contributed by atoms with Crippen molar-refractivity contribution in [2.75, 3.05) is 26.0 Å². The highest BCUT2D eigenvalue weighted by Crippen LogP contribution is 2.11. The van der Waals surface area contributed by atoms with Gasteiger partial charge in [0.2, 0.25) is 5.91 Å². The van der Waals surface area contributed by atoms with Gasteiger partial charge in [0.25, 0.3) is 0 Å². The third-order valence-electron chi connectivity index (χ3n) is 1.48. The van der Waals surface area contributed by atoms with Crippen LogP contribution < -0.4 is 5.32 Å². The van der Waals surface area contributed by atoms with E-state index in [0.29, 0.717) is 18.0 Å². The number of nitrogens with one attached hydrogen (secondary N) is 1. The normalized spacial score (nSPS) is 10.5. The quantitative estimate of drug-likeness (QED) is 0.740. The molecule has 1 N–H and O–H groups in total. The summed E-state index contributed by atoms with van der Waals surface area (Å²) in [5, 5.41) is 6.24. The van der Waals surface area contributed by atoms with Crippen molar-refractivity contribution in [3.63, 3.8) is 0 Å². The monoisotopic (exact) mass is 183 g/mol. The number of aromatic nitrogens is 1. The Morgan fingerprint density at radius 1 is 1.69 bits per heavy atom. The lowest BCUT2D eigenvalue weighted by Crippen LogP contribution is -2.27. The predicted molar refractivity (Wildman–Crippen MR) is 48.4 cm³/mol. The Morgan fingerprint density at radius 2 is 2.38 bits per heavy atom. The molecular weight excluding hydrogens is 170 g/mol. The van der Waals surface area contributed by atoms with E-state index >= 15 is 0 Å². The van der Waals surface area contributed by atoms with Crippen LogP contribution in [-0.4, -0.2) is 36.6 Å². The van der Waals surface area contributed by atoms with Gasteiger partial charge in [-0.3, -0.25) is 4.79 Å². The molecule has 0 radical (unpaired) electrons. The Bertz CT molecular complexity index is 293. The first-order chi connectivity index (χ1) is 6.09. The maximum atomic E-state index is 11.3. The number of amides is 1. The number of nitrogens with zero attached hydrogens (tertiary/aromatic N) is 2. The van der Waals surface area contributed by atoms with Crippen LogP contribution >= 0.6 is 0 Å². The molecule has 5 heteroatoms. The van der Waals surface area contributed by atoms with Gasteiger partial charge in [-0.2, -0.15) is 0 Å². The van der Waals surface area contributed by atoms with Crippen LogP contribution in [0.5, 0.6) is 0 Å². The molecule has 0 aliphatic rings. The summed E-state index contributed by atoms with van der Waals surface area (Å²) < 4.78 is 4.79. The molecule has 1 aromatic rings. The molecule has 0 fully saturated rings. The zero-order valence-corrected chi connectivity index (χ0v) is 8.00. The number of rotatable bonds is 3. The average Bonchev–Trinajstić information content (AvgIpc) is 2.34. The summed E-state index contributed by atoms with van der Waals surface area (Å²) in [4.78, 5) is 13.0. The first kappa shape index (κ1) is 9.73. The Labute approximate surface area is 76.7 Å². The molecule has 5 nitrogen and oxygen atoms in total. The van der Waals surface area contributed by atoms with E-state index in [1.165, 1.54) is 6.20 Å². The van der Waals surface area contributed by atoms with Crippen LogP contribution in [0.1, 0.15) is 5.76 Å². The van der Waals surface area contributed by atoms with Crippen LogP contribution in [0.15, 0.2) is 10.7 Å². The Morgan fingerprint density at radius 3 is 2.85 bits per heavy atom. The number of aryl methyl sites for hydroxylation is 1. The molecule has 0 aliphatic heterocycles. The van der Waals surface area contributed by atoms with E-state index in [0.717, 1.165) is 0 Å². The van der Waals surface area contributed by atoms with E-state index in [1.807, 2.05) is 14.1 Å². The fourth-order valence-corrected chi connectivity index (χ4v) is 0.895. The maximum Gasteiger partial charge on any atom is 0.238 e. The van der Waals surface area contributed by atoms with Gasteiger partial charge >= 0.3 is 0 Å². The van der Waals surface area contributed by atoms with Crippen molar-refractivity contribution in [3.05, 3.63) is 12.0 Å². The molecule has 0 spiro atoms. The second-order valence-electron chi connectivity index (χ2n) is 3.08. The molecule has 0 saturated carbocycles. The highest BCUT2D eigenvalue weighted by atomic mass is 16.5. The van der Waals surface area contributed by atoms with E-state index in [9.17, 15) is 4.79 Å². The number of carbonyl (C=O) groups excluding carboxylic acids is 1. The predicted octanol–water partition coefficient (Wildman–Crippen LogP) is 0.483. The SMILES string of the molecule is Cc1oncc1NC(=O)CN(C)C. The van der Waals surface area contributed by atoms with E-state index in [2.05, 4.69) is 10.5 Å². The first-order valence-corrected chi connectivity index (χ1v) is 3.95. The van der Waals surface area contributed by atoms with E-state index in [1.54, 1.807) is 11.8 Å². The largest absolute Gasteiger partial charge is 0.359 e. The molecule has 0 aromatic carbocycles. The molecule has 0 saturated heterocycles. The second-order valence-corrected chi connectivity index (χ2v) is 3.08. The molecule has 1 aromatic heterocycles. The highest BCUT2D eigenvalue weighted by Gasteiger charge is 2.07. The Hall–Kier alpha value is -1.36. The minimum atomic E-state index is -0.0729. The lowest BCUT2D eigenvalue weighted by Gasteiger charge is -2.08. The second kappa shape index (κ2) is 4.04. The summed E-state index contributed by atoms with van der Waals surface area (Å²) in [6.45, 7) is 2.10. The lowest BCUT2D eigenvalue weighted by atomic mass is 10.4. The number of hydrogen-bond donors (Lipinski definition) is 1. The summed E-state index contributed by atoms with van der Waals surface area (Å²) in [5.41, 5.74) is 0.631. The topological polar surface area (TPSA) is 58.4 Å². The molecule has 0 bridgehead atoms. The van der Waals surface area contributed by atoms with Crippen molar-refractivity contribution < 1.29 is 9.32 Å². The van der Waals surface area contributed by atoms with Crippen LogP contribution in [0, 0.1) is 6.92 Å². The molecule has 13 heavy (non-hydrogen) atoms. The molecule has 0 aliphatic carbocycles. The van der Waals surface area contributed by atoms with Crippen LogP contribution in [0.3, 0.4) is 0 Å². The van der Waals surface area contributed by atoms with Crippen LogP contribution in [-0.2, 0) is 4.79 Å². The molecule has 1 rings (SSSR count). The summed E-state index contributed by atoms with van der Waals surface area (Å²) in [7, 11) is 3.67. The van der Waals surface area contributed by atoms with E-state index in [-0.39, 0.29) is 5.91 Å². The number of carbonyl (C=O) groups is 1. The molecule has 0 unspecified atom stereocenters. The van der Waals surface area contributed by atoms with Crippen LogP contribution in [0.25, 0.3) is 0 Å². The third kappa shape index (κ3) is 2.87. The zero-order chi connectivity index (χ0) is 9.84. The van der Waals surface area contributed by atoms with Gasteiger partial charge in [0.1, 0.15) is 5.69 Å². The molecule has 1 heterocycles. The third-order valence-corrected chi connectivity index (χ3v) is 1.48. The number of likely N-dealkylation sites (N-methyl/N-ethyl adjacent to an activating group) is 1. The fourth-order valence-electron chi connectivity index (χ4n) is 0.895. The summed E-state index contributed by atoms with van der Waals surface area (Å²) in [6, 6.07) is 0. The van der Waals surface area contributed by atoms with Gasteiger partial charge in [-0.1, -0.05) is 5.16 Å². The van der Waals surface area contributed by atoms with Gasteiger partial charge in [0.05, 0.1) is 12.7 Å². The molecule has 72 valence electrons. The zero-order valence-electron chi connectivity index (χ0n) is 8.00. The summed E-state index contributed by atoms with van der Waals surface area (Å²) in [6.07, 6.45) is 1.49. The van der Waals surface area contributed by atoms with Gasteiger partial charge in [-0.15, -0.1) is 0 Å². The van der Waals surface area contributed by atoms with Crippen molar-refractivity contribution >= 4 is 11.6 Å². The highest BCUT2D eigenvalue weighted by molar-refractivity contribution is 5.92. The van der Waals surface area contributed by atoms with Gasteiger partial charge in [0, 0.05) is 0 Å². The lowest BCUT2D eigenvalue weighted by molar-refractivity contribution is -0.116. The van der Waals surface area contributed by atoms with Crippen molar-refractivity contribution in [1.29, 1.82) is 0 Å². The van der Waals surface area contributed by atoms with Crippen molar-refractivity contribution in [2.24, 2.45) is 0 Å². The van der Waals surface area contributed by atoms with E-state index in [4.69, 9.17) is 4.52 Å².